The van der Waals surface area contributed by atoms with Gasteiger partial charge in [0.05, 0.1) is 15.1 Å². The second-order valence-electron chi connectivity index (χ2n) is 5.75. The predicted molar refractivity (Wildman–Crippen MR) is 84.3 cm³/mol. The van der Waals surface area contributed by atoms with Crippen molar-refractivity contribution in [3.63, 3.8) is 0 Å². The molecule has 2 fully saturated rings. The molecule has 1 aromatic carbocycles. The molecule has 1 amide bonds. The quantitative estimate of drug-likeness (QED) is 0.777. The topological polar surface area (TPSA) is 38.3 Å². The first-order chi connectivity index (χ1) is 10.0. The molecule has 0 radical (unpaired) electrons. The van der Waals surface area contributed by atoms with Crippen LogP contribution in [0.5, 0.6) is 5.75 Å². The lowest BCUT2D eigenvalue weighted by atomic mass is 10.1. The lowest BCUT2D eigenvalue weighted by Crippen LogP contribution is -2.40. The molecule has 0 unspecified atom stereocenters. The highest BCUT2D eigenvalue weighted by Gasteiger charge is 2.42. The van der Waals surface area contributed by atoms with Gasteiger partial charge >= 0.3 is 0 Å². The van der Waals surface area contributed by atoms with E-state index < -0.39 is 0 Å². The lowest BCUT2D eigenvalue weighted by molar-refractivity contribution is -0.124. The van der Waals surface area contributed by atoms with Gasteiger partial charge in [-0.25, -0.2) is 0 Å². The van der Waals surface area contributed by atoms with Crippen molar-refractivity contribution in [3.05, 3.63) is 27.2 Å². The number of halogens is 3. The van der Waals surface area contributed by atoms with Gasteiger partial charge in [0, 0.05) is 12.1 Å². The molecule has 1 aromatic rings. The van der Waals surface area contributed by atoms with Crippen LogP contribution in [0.1, 0.15) is 25.7 Å². The van der Waals surface area contributed by atoms with Gasteiger partial charge in [0.15, 0.2) is 6.61 Å². The number of ether oxygens (including phenoxy) is 1. The number of hydrogen-bond acceptors (Lipinski definition) is 2. The van der Waals surface area contributed by atoms with Crippen molar-refractivity contribution in [2.75, 3.05) is 6.61 Å². The van der Waals surface area contributed by atoms with Crippen LogP contribution < -0.4 is 10.1 Å². The Morgan fingerprint density at radius 1 is 1.10 bits per heavy atom. The van der Waals surface area contributed by atoms with Crippen molar-refractivity contribution >= 4 is 40.7 Å². The third-order valence-corrected chi connectivity index (χ3v) is 4.94. The van der Waals surface area contributed by atoms with Crippen LogP contribution in [0, 0.1) is 11.8 Å². The van der Waals surface area contributed by atoms with Gasteiger partial charge < -0.3 is 10.1 Å². The third-order valence-electron chi connectivity index (χ3n) is 3.92. The molecule has 0 atom stereocenters. The molecule has 2 aliphatic rings. The standard InChI is InChI=1S/C15H16Cl3NO2/c16-10-5-12(18)13(6-11(10)17)21-7-14(20)19-15(8-1-2-8)9-3-4-9/h5-6,8-9,15H,1-4,7H2,(H,19,20). The number of amides is 1. The monoisotopic (exact) mass is 347 g/mol. The normalized spacial score (nSPS) is 17.9. The zero-order chi connectivity index (χ0) is 15.0. The van der Waals surface area contributed by atoms with Crippen LogP contribution in [0.3, 0.4) is 0 Å². The number of carbonyl (C=O) groups is 1. The summed E-state index contributed by atoms with van der Waals surface area (Å²) in [5.74, 6) is 1.58. The van der Waals surface area contributed by atoms with Crippen molar-refractivity contribution in [2.45, 2.75) is 31.7 Å². The van der Waals surface area contributed by atoms with E-state index >= 15 is 0 Å². The van der Waals surface area contributed by atoms with Gasteiger partial charge in [0.1, 0.15) is 5.75 Å². The first-order valence-electron chi connectivity index (χ1n) is 7.11. The van der Waals surface area contributed by atoms with Gasteiger partial charge in [-0.2, -0.15) is 0 Å². The summed E-state index contributed by atoms with van der Waals surface area (Å²) in [7, 11) is 0. The average molecular weight is 349 g/mol. The number of nitrogens with one attached hydrogen (secondary N) is 1. The Balaban J connectivity index is 1.54. The maximum Gasteiger partial charge on any atom is 0.258 e. The summed E-state index contributed by atoms with van der Waals surface area (Å²) in [6.45, 7) is -0.0619. The van der Waals surface area contributed by atoms with Crippen LogP contribution >= 0.6 is 34.8 Å². The second kappa shape index (κ2) is 6.23. The van der Waals surface area contributed by atoms with Crippen molar-refractivity contribution in [1.82, 2.24) is 5.32 Å². The minimum atomic E-state index is -0.110. The first kappa shape index (κ1) is 15.3. The van der Waals surface area contributed by atoms with E-state index in [2.05, 4.69) is 5.32 Å². The summed E-state index contributed by atoms with van der Waals surface area (Å²) >= 11 is 17.8. The maximum atomic E-state index is 12.0. The highest BCUT2D eigenvalue weighted by molar-refractivity contribution is 6.43. The fourth-order valence-electron chi connectivity index (χ4n) is 2.52. The minimum absolute atomic E-state index is 0.0619. The van der Waals surface area contributed by atoms with Gasteiger partial charge in [0.2, 0.25) is 0 Å². The predicted octanol–water partition coefficient (Wildman–Crippen LogP) is 4.33. The lowest BCUT2D eigenvalue weighted by Gasteiger charge is -2.18. The smallest absolute Gasteiger partial charge is 0.258 e. The molecule has 2 aliphatic carbocycles. The van der Waals surface area contributed by atoms with Gasteiger partial charge in [-0.1, -0.05) is 34.8 Å². The molecule has 0 aromatic heterocycles. The number of hydrogen-bond donors (Lipinski definition) is 1. The van der Waals surface area contributed by atoms with Crippen LogP contribution in [0.2, 0.25) is 15.1 Å². The summed E-state index contributed by atoms with van der Waals surface area (Å²) < 4.78 is 5.45. The molecular formula is C15H16Cl3NO2. The van der Waals surface area contributed by atoms with Crippen LogP contribution in [0.4, 0.5) is 0 Å². The fourth-order valence-corrected chi connectivity index (χ4v) is 3.11. The number of rotatable bonds is 6. The molecule has 6 heteroatoms. The van der Waals surface area contributed by atoms with E-state index in [9.17, 15) is 4.79 Å². The minimum Gasteiger partial charge on any atom is -0.482 e. The van der Waals surface area contributed by atoms with Crippen LogP contribution in [0.15, 0.2) is 12.1 Å². The largest absolute Gasteiger partial charge is 0.482 e. The van der Waals surface area contributed by atoms with Gasteiger partial charge in [0.25, 0.3) is 5.91 Å². The van der Waals surface area contributed by atoms with E-state index in [1.54, 1.807) is 0 Å². The second-order valence-corrected chi connectivity index (χ2v) is 6.98. The summed E-state index contributed by atoms with van der Waals surface area (Å²) in [5.41, 5.74) is 0. The van der Waals surface area contributed by atoms with E-state index in [4.69, 9.17) is 39.5 Å². The number of benzene rings is 1. The Hall–Kier alpha value is -0.640. The Kier molecular flexibility index (Phi) is 4.53. The molecule has 1 N–H and O–H groups in total. The fraction of sp³-hybridized carbons (Fsp3) is 0.533. The summed E-state index contributed by atoms with van der Waals surface area (Å²) in [4.78, 5) is 12.0. The molecular weight excluding hydrogens is 333 g/mol. The van der Waals surface area contributed by atoms with Gasteiger partial charge in [-0.3, -0.25) is 4.79 Å². The molecule has 0 bridgehead atoms. The van der Waals surface area contributed by atoms with Crippen molar-refractivity contribution in [2.24, 2.45) is 11.8 Å². The molecule has 0 heterocycles. The van der Waals surface area contributed by atoms with Gasteiger partial charge in [-0.15, -0.1) is 0 Å². The Morgan fingerprint density at radius 2 is 1.67 bits per heavy atom. The average Bonchev–Trinajstić information content (AvgIpc) is 3.31. The van der Waals surface area contributed by atoms with Crippen molar-refractivity contribution < 1.29 is 9.53 Å². The summed E-state index contributed by atoms with van der Waals surface area (Å²) in [6, 6.07) is 3.36. The van der Waals surface area contributed by atoms with Crippen LogP contribution in [0.25, 0.3) is 0 Å². The highest BCUT2D eigenvalue weighted by Crippen LogP contribution is 2.44. The summed E-state index contributed by atoms with van der Waals surface area (Å²) in [5, 5.41) is 4.15. The molecule has 0 spiro atoms. The molecule has 2 saturated carbocycles. The first-order valence-corrected chi connectivity index (χ1v) is 8.24. The zero-order valence-corrected chi connectivity index (χ0v) is 13.6. The molecule has 3 rings (SSSR count). The Labute approximate surface area is 138 Å². The van der Waals surface area contributed by atoms with E-state index in [1.165, 1.54) is 37.8 Å². The summed E-state index contributed by atoms with van der Waals surface area (Å²) in [6.07, 6.45) is 4.89. The molecule has 3 nitrogen and oxygen atoms in total. The molecule has 0 aliphatic heterocycles. The highest BCUT2D eigenvalue weighted by atomic mass is 35.5. The van der Waals surface area contributed by atoms with E-state index in [-0.39, 0.29) is 12.5 Å². The van der Waals surface area contributed by atoms with E-state index in [0.717, 1.165) is 0 Å². The SMILES string of the molecule is O=C(COc1cc(Cl)c(Cl)cc1Cl)NC(C1CC1)C1CC1. The van der Waals surface area contributed by atoms with Crippen LogP contribution in [-0.4, -0.2) is 18.6 Å². The zero-order valence-electron chi connectivity index (χ0n) is 11.4. The molecule has 0 saturated heterocycles. The van der Waals surface area contributed by atoms with E-state index in [1.807, 2.05) is 0 Å². The maximum absolute atomic E-state index is 12.0. The Morgan fingerprint density at radius 3 is 2.24 bits per heavy atom. The van der Waals surface area contributed by atoms with Crippen molar-refractivity contribution in [1.29, 1.82) is 0 Å². The molecule has 114 valence electrons. The molecule has 21 heavy (non-hydrogen) atoms. The van der Waals surface area contributed by atoms with E-state index in [0.29, 0.717) is 38.7 Å². The number of carbonyl (C=O) groups excluding carboxylic acids is 1. The Bertz CT molecular complexity index is 544. The van der Waals surface area contributed by atoms with Crippen LogP contribution in [-0.2, 0) is 4.79 Å². The van der Waals surface area contributed by atoms with Gasteiger partial charge in [-0.05, 0) is 43.6 Å². The van der Waals surface area contributed by atoms with Crippen molar-refractivity contribution in [3.8, 4) is 5.75 Å². The third kappa shape index (κ3) is 3.97.